The van der Waals surface area contributed by atoms with Crippen molar-refractivity contribution in [3.05, 3.63) is 30.1 Å². The van der Waals surface area contributed by atoms with Crippen LogP contribution in [0.3, 0.4) is 0 Å². The number of hydrogen-bond acceptors (Lipinski definition) is 3. The zero-order valence-corrected chi connectivity index (χ0v) is 9.05. The van der Waals surface area contributed by atoms with Gasteiger partial charge in [-0.15, -0.1) is 0 Å². The fraction of sp³-hybridized carbons (Fsp3) is 0.455. The van der Waals surface area contributed by atoms with Gasteiger partial charge in [0.25, 0.3) is 5.91 Å². The number of aliphatic hydroxyl groups excluding tert-OH is 1. The number of aromatic nitrogens is 1. The average molecular weight is 208 g/mol. The molecule has 0 aromatic carbocycles. The van der Waals surface area contributed by atoms with Crippen LogP contribution in [0.25, 0.3) is 0 Å². The highest BCUT2D eigenvalue weighted by Crippen LogP contribution is 2.00. The Labute approximate surface area is 89.6 Å². The lowest BCUT2D eigenvalue weighted by Crippen LogP contribution is -2.35. The van der Waals surface area contributed by atoms with Crippen LogP contribution in [0.1, 0.15) is 12.5 Å². The monoisotopic (exact) mass is 208 g/mol. The van der Waals surface area contributed by atoms with E-state index in [-0.39, 0.29) is 5.91 Å². The summed E-state index contributed by atoms with van der Waals surface area (Å²) < 4.78 is 0. The summed E-state index contributed by atoms with van der Waals surface area (Å²) in [4.78, 5) is 16.8. The third-order valence-electron chi connectivity index (χ3n) is 2.22. The molecule has 0 saturated carbocycles. The zero-order chi connectivity index (χ0) is 11.3. The van der Waals surface area contributed by atoms with Crippen molar-refractivity contribution in [3.8, 4) is 0 Å². The number of likely N-dealkylation sites (N-methyl/N-ethyl adjacent to an activating group) is 1. The number of aliphatic hydroxyl groups is 1. The van der Waals surface area contributed by atoms with E-state index < -0.39 is 6.10 Å². The van der Waals surface area contributed by atoms with E-state index in [1.165, 1.54) is 11.8 Å². The molecule has 1 aromatic heterocycles. The van der Waals surface area contributed by atoms with Crippen LogP contribution in [-0.2, 0) is 11.2 Å². The average Bonchev–Trinajstić information content (AvgIpc) is 2.26. The van der Waals surface area contributed by atoms with E-state index in [1.807, 2.05) is 12.1 Å². The van der Waals surface area contributed by atoms with Crippen LogP contribution >= 0.6 is 0 Å². The summed E-state index contributed by atoms with van der Waals surface area (Å²) in [6, 6.07) is 3.83. The van der Waals surface area contributed by atoms with Crippen LogP contribution in [0.2, 0.25) is 0 Å². The Morgan fingerprint density at radius 1 is 1.53 bits per heavy atom. The number of nitrogens with zero attached hydrogens (tertiary/aromatic N) is 2. The Morgan fingerprint density at radius 2 is 2.13 bits per heavy atom. The van der Waals surface area contributed by atoms with Crippen molar-refractivity contribution in [1.29, 1.82) is 0 Å². The van der Waals surface area contributed by atoms with Crippen LogP contribution in [-0.4, -0.2) is 40.6 Å². The second-order valence-corrected chi connectivity index (χ2v) is 3.54. The van der Waals surface area contributed by atoms with Gasteiger partial charge in [-0.1, -0.05) is 0 Å². The topological polar surface area (TPSA) is 53.4 Å². The fourth-order valence-electron chi connectivity index (χ4n) is 1.28. The number of carbonyl (C=O) groups is 1. The van der Waals surface area contributed by atoms with Gasteiger partial charge in [-0.3, -0.25) is 9.78 Å². The predicted molar refractivity (Wildman–Crippen MR) is 57.3 cm³/mol. The van der Waals surface area contributed by atoms with E-state index >= 15 is 0 Å². The zero-order valence-electron chi connectivity index (χ0n) is 9.05. The molecule has 0 saturated heterocycles. The number of rotatable bonds is 4. The van der Waals surface area contributed by atoms with Gasteiger partial charge >= 0.3 is 0 Å². The van der Waals surface area contributed by atoms with Gasteiger partial charge in [0.15, 0.2) is 0 Å². The Balaban J connectivity index is 2.41. The molecule has 82 valence electrons. The molecular weight excluding hydrogens is 192 g/mol. The molecule has 1 unspecified atom stereocenters. The molecule has 0 bridgehead atoms. The van der Waals surface area contributed by atoms with Gasteiger partial charge in [0.1, 0.15) is 6.10 Å². The molecule has 1 heterocycles. The molecule has 0 aliphatic rings. The minimum atomic E-state index is -0.924. The summed E-state index contributed by atoms with van der Waals surface area (Å²) in [6.07, 6.45) is 3.31. The summed E-state index contributed by atoms with van der Waals surface area (Å²) in [5.74, 6) is -0.246. The molecule has 0 aliphatic heterocycles. The summed E-state index contributed by atoms with van der Waals surface area (Å²) in [6.45, 7) is 2.08. The number of hydrogen-bond donors (Lipinski definition) is 1. The highest BCUT2D eigenvalue weighted by molar-refractivity contribution is 5.79. The number of pyridine rings is 1. The SMILES string of the molecule is CC(O)C(=O)N(C)CCc1ccncc1. The van der Waals surface area contributed by atoms with E-state index in [1.54, 1.807) is 19.4 Å². The van der Waals surface area contributed by atoms with Crippen molar-refractivity contribution in [2.75, 3.05) is 13.6 Å². The quantitative estimate of drug-likeness (QED) is 0.782. The lowest BCUT2D eigenvalue weighted by atomic mass is 10.2. The summed E-state index contributed by atoms with van der Waals surface area (Å²) in [7, 11) is 1.69. The second kappa shape index (κ2) is 5.46. The van der Waals surface area contributed by atoms with Crippen LogP contribution in [0.15, 0.2) is 24.5 Å². The van der Waals surface area contributed by atoms with Crippen molar-refractivity contribution >= 4 is 5.91 Å². The van der Waals surface area contributed by atoms with Crippen molar-refractivity contribution in [1.82, 2.24) is 9.88 Å². The molecule has 15 heavy (non-hydrogen) atoms. The minimum absolute atomic E-state index is 0.246. The van der Waals surface area contributed by atoms with Crippen LogP contribution in [0, 0.1) is 0 Å². The fourth-order valence-corrected chi connectivity index (χ4v) is 1.28. The standard InChI is InChI=1S/C11H16N2O2/c1-9(14)11(15)13(2)8-5-10-3-6-12-7-4-10/h3-4,6-7,9,14H,5,8H2,1-2H3. The van der Waals surface area contributed by atoms with Crippen LogP contribution in [0.5, 0.6) is 0 Å². The highest BCUT2D eigenvalue weighted by atomic mass is 16.3. The summed E-state index contributed by atoms with van der Waals surface area (Å²) in [5, 5.41) is 9.09. The molecular formula is C11H16N2O2. The highest BCUT2D eigenvalue weighted by Gasteiger charge is 2.13. The maximum atomic E-state index is 11.3. The Hall–Kier alpha value is -1.42. The smallest absolute Gasteiger partial charge is 0.250 e. The normalized spacial score (nSPS) is 12.2. The van der Waals surface area contributed by atoms with Gasteiger partial charge in [0.2, 0.25) is 0 Å². The molecule has 0 fully saturated rings. The van der Waals surface area contributed by atoms with Crippen molar-refractivity contribution in [3.63, 3.8) is 0 Å². The number of carbonyl (C=O) groups excluding carboxylic acids is 1. The van der Waals surface area contributed by atoms with Crippen molar-refractivity contribution in [2.45, 2.75) is 19.4 Å². The van der Waals surface area contributed by atoms with Gasteiger partial charge in [-0.2, -0.15) is 0 Å². The molecule has 4 heteroatoms. The van der Waals surface area contributed by atoms with Gasteiger partial charge in [-0.25, -0.2) is 0 Å². The Kier molecular flexibility index (Phi) is 4.24. The lowest BCUT2D eigenvalue weighted by molar-refractivity contribution is -0.137. The first-order valence-electron chi connectivity index (χ1n) is 4.93. The van der Waals surface area contributed by atoms with E-state index in [0.29, 0.717) is 6.54 Å². The van der Waals surface area contributed by atoms with Crippen molar-refractivity contribution < 1.29 is 9.90 Å². The molecule has 4 nitrogen and oxygen atoms in total. The second-order valence-electron chi connectivity index (χ2n) is 3.54. The molecule has 1 rings (SSSR count). The number of amides is 1. The largest absolute Gasteiger partial charge is 0.384 e. The van der Waals surface area contributed by atoms with E-state index in [2.05, 4.69) is 4.98 Å². The third-order valence-corrected chi connectivity index (χ3v) is 2.22. The Bertz CT molecular complexity index is 312. The minimum Gasteiger partial charge on any atom is -0.384 e. The van der Waals surface area contributed by atoms with Gasteiger partial charge in [-0.05, 0) is 31.0 Å². The predicted octanol–water partition coefficient (Wildman–Crippen LogP) is 0.463. The Morgan fingerprint density at radius 3 is 2.67 bits per heavy atom. The van der Waals surface area contributed by atoms with Crippen molar-refractivity contribution in [2.24, 2.45) is 0 Å². The first-order chi connectivity index (χ1) is 7.11. The first kappa shape index (κ1) is 11.7. The van der Waals surface area contributed by atoms with E-state index in [0.717, 1.165) is 12.0 Å². The summed E-state index contributed by atoms with van der Waals surface area (Å²) >= 11 is 0. The molecule has 1 N–H and O–H groups in total. The lowest BCUT2D eigenvalue weighted by Gasteiger charge is -2.18. The molecule has 1 aromatic rings. The van der Waals surface area contributed by atoms with E-state index in [9.17, 15) is 4.79 Å². The molecule has 0 radical (unpaired) electrons. The summed E-state index contributed by atoms with van der Waals surface area (Å²) in [5.41, 5.74) is 1.13. The third kappa shape index (κ3) is 3.67. The van der Waals surface area contributed by atoms with Gasteiger partial charge < -0.3 is 10.0 Å². The van der Waals surface area contributed by atoms with Gasteiger partial charge in [0, 0.05) is 26.0 Å². The van der Waals surface area contributed by atoms with Gasteiger partial charge in [0.05, 0.1) is 0 Å². The van der Waals surface area contributed by atoms with Crippen LogP contribution in [0.4, 0.5) is 0 Å². The first-order valence-corrected chi connectivity index (χ1v) is 4.93. The van der Waals surface area contributed by atoms with E-state index in [4.69, 9.17) is 5.11 Å². The molecule has 1 atom stereocenters. The maximum absolute atomic E-state index is 11.3. The molecule has 0 aliphatic carbocycles. The maximum Gasteiger partial charge on any atom is 0.250 e. The molecule has 0 spiro atoms. The molecule has 1 amide bonds. The van der Waals surface area contributed by atoms with Crippen LogP contribution < -0.4 is 0 Å².